The number of rotatable bonds is 2. The maximum Gasteiger partial charge on any atom is 0.459 e. The topological polar surface area (TPSA) is 41.8 Å². The third kappa shape index (κ3) is 9.05. The highest BCUT2D eigenvalue weighted by atomic mass is 19.4. The summed E-state index contributed by atoms with van der Waals surface area (Å²) < 4.78 is 65.3. The van der Waals surface area contributed by atoms with E-state index in [1.165, 1.54) is 64.2 Å². The third-order valence-corrected chi connectivity index (χ3v) is 4.14. The molecular weight excluding hydrogens is 350 g/mol. The standard InChI is InChI=1S/C13H22N2.C3F6O/c1-3-7-12(8-4-1)14-11-15-13-9-5-2-6-10-13;4-2(5,6)1(10)3(7,8)9/h12-13H,1-10H2;. The third-order valence-electron chi connectivity index (χ3n) is 4.14. The Hall–Kier alpha value is -1.37. The summed E-state index contributed by atoms with van der Waals surface area (Å²) in [6.07, 6.45) is 1.56. The van der Waals surface area contributed by atoms with E-state index in [-0.39, 0.29) is 0 Å². The summed E-state index contributed by atoms with van der Waals surface area (Å²) in [5.41, 5.74) is 0. The lowest BCUT2D eigenvalue weighted by molar-refractivity contribution is -0.217. The first-order chi connectivity index (χ1) is 11.6. The van der Waals surface area contributed by atoms with E-state index < -0.39 is 18.1 Å². The Morgan fingerprint density at radius 1 is 0.680 bits per heavy atom. The monoisotopic (exact) mass is 372 g/mol. The SMILES string of the molecule is C(=NC1CCCCC1)=NC1CCCCC1.O=C(C(F)(F)F)C(F)(F)F. The summed E-state index contributed by atoms with van der Waals surface area (Å²) in [6, 6.07) is 4.04. The van der Waals surface area contributed by atoms with Crippen LogP contribution in [-0.4, -0.2) is 36.2 Å². The van der Waals surface area contributed by atoms with Crippen molar-refractivity contribution in [2.45, 2.75) is 88.6 Å². The number of carbonyl (C=O) groups is 1. The van der Waals surface area contributed by atoms with E-state index in [4.69, 9.17) is 0 Å². The highest BCUT2D eigenvalue weighted by Crippen LogP contribution is 2.28. The molecule has 2 rings (SSSR count). The molecule has 0 amide bonds. The van der Waals surface area contributed by atoms with Crippen molar-refractivity contribution >= 4 is 11.8 Å². The fraction of sp³-hybridized carbons (Fsp3) is 0.875. The summed E-state index contributed by atoms with van der Waals surface area (Å²) in [7, 11) is 0. The van der Waals surface area contributed by atoms with E-state index in [1.54, 1.807) is 0 Å². The van der Waals surface area contributed by atoms with Gasteiger partial charge < -0.3 is 0 Å². The van der Waals surface area contributed by atoms with Crippen LogP contribution in [-0.2, 0) is 4.79 Å². The largest absolute Gasteiger partial charge is 0.459 e. The molecule has 2 fully saturated rings. The molecule has 0 unspecified atom stereocenters. The average molecular weight is 372 g/mol. The molecule has 0 atom stereocenters. The number of Topliss-reactive ketones (excluding diaryl/α,β-unsaturated/α-hetero) is 1. The maximum absolute atomic E-state index is 10.9. The number of hydrogen-bond acceptors (Lipinski definition) is 3. The van der Waals surface area contributed by atoms with E-state index in [1.807, 2.05) is 0 Å². The second-order valence-electron chi connectivity index (χ2n) is 6.27. The number of ketones is 1. The van der Waals surface area contributed by atoms with E-state index in [0.717, 1.165) is 0 Å². The van der Waals surface area contributed by atoms with Gasteiger partial charge in [-0.2, -0.15) is 26.3 Å². The van der Waals surface area contributed by atoms with Gasteiger partial charge in [-0.1, -0.05) is 38.5 Å². The molecule has 144 valence electrons. The summed E-state index contributed by atoms with van der Waals surface area (Å²) in [5.74, 6) is -3.68. The van der Waals surface area contributed by atoms with Crippen LogP contribution in [0.2, 0.25) is 0 Å². The number of hydrogen-bond donors (Lipinski definition) is 0. The molecule has 0 heterocycles. The van der Waals surface area contributed by atoms with Crippen LogP contribution >= 0.6 is 0 Å². The second-order valence-corrected chi connectivity index (χ2v) is 6.27. The van der Waals surface area contributed by atoms with Crippen LogP contribution in [0.1, 0.15) is 64.2 Å². The van der Waals surface area contributed by atoms with Gasteiger partial charge in [0.05, 0.1) is 18.1 Å². The summed E-state index contributed by atoms with van der Waals surface area (Å²) in [6.45, 7) is 0. The van der Waals surface area contributed by atoms with Gasteiger partial charge in [0.15, 0.2) is 0 Å². The molecule has 0 aromatic rings. The van der Waals surface area contributed by atoms with Gasteiger partial charge in [0, 0.05) is 0 Å². The number of carbonyl (C=O) groups excluding carboxylic acids is 1. The van der Waals surface area contributed by atoms with Crippen LogP contribution in [0.4, 0.5) is 26.3 Å². The molecule has 2 saturated carbocycles. The Bertz CT molecular complexity index is 430. The first-order valence-electron chi connectivity index (χ1n) is 8.43. The maximum atomic E-state index is 10.9. The van der Waals surface area contributed by atoms with Crippen LogP contribution in [0.15, 0.2) is 9.98 Å². The zero-order valence-electron chi connectivity index (χ0n) is 13.8. The first kappa shape index (κ1) is 21.7. The van der Waals surface area contributed by atoms with E-state index in [0.29, 0.717) is 12.1 Å². The number of nitrogens with zero attached hydrogens (tertiary/aromatic N) is 2. The number of aliphatic imine (C=N–C) groups is 2. The van der Waals surface area contributed by atoms with Crippen LogP contribution in [0.25, 0.3) is 0 Å². The van der Waals surface area contributed by atoms with Gasteiger partial charge in [0.25, 0.3) is 0 Å². The van der Waals surface area contributed by atoms with E-state index in [9.17, 15) is 31.1 Å². The lowest BCUT2D eigenvalue weighted by Crippen LogP contribution is -2.36. The number of alkyl halides is 6. The highest BCUT2D eigenvalue weighted by Gasteiger charge is 2.55. The lowest BCUT2D eigenvalue weighted by atomic mass is 9.96. The quantitative estimate of drug-likeness (QED) is 0.466. The molecule has 2 aliphatic carbocycles. The van der Waals surface area contributed by atoms with Crippen molar-refractivity contribution in [3.05, 3.63) is 0 Å². The normalized spacial score (nSPS) is 20.1. The van der Waals surface area contributed by atoms with Crippen molar-refractivity contribution in [3.63, 3.8) is 0 Å². The molecule has 25 heavy (non-hydrogen) atoms. The molecule has 0 aliphatic heterocycles. The van der Waals surface area contributed by atoms with Crippen molar-refractivity contribution < 1.29 is 31.1 Å². The van der Waals surface area contributed by atoms with Crippen LogP contribution in [0.5, 0.6) is 0 Å². The first-order valence-corrected chi connectivity index (χ1v) is 8.43. The van der Waals surface area contributed by atoms with Crippen LogP contribution in [0, 0.1) is 0 Å². The second kappa shape index (κ2) is 9.94. The minimum absolute atomic E-state index is 0.533. The Labute approximate surface area is 142 Å². The fourth-order valence-electron chi connectivity index (χ4n) is 2.78. The minimum atomic E-state index is -5.82. The Morgan fingerprint density at radius 2 is 1.00 bits per heavy atom. The molecule has 0 aromatic heterocycles. The van der Waals surface area contributed by atoms with Crippen molar-refractivity contribution in [2.24, 2.45) is 9.98 Å². The van der Waals surface area contributed by atoms with E-state index in [2.05, 4.69) is 16.0 Å². The fourth-order valence-corrected chi connectivity index (χ4v) is 2.78. The highest BCUT2D eigenvalue weighted by molar-refractivity contribution is 5.89. The molecule has 0 N–H and O–H groups in total. The van der Waals surface area contributed by atoms with Gasteiger partial charge in [-0.05, 0) is 25.7 Å². The van der Waals surface area contributed by atoms with Crippen LogP contribution in [0.3, 0.4) is 0 Å². The minimum Gasteiger partial charge on any atom is -0.279 e. The molecule has 3 nitrogen and oxygen atoms in total. The zero-order chi connectivity index (χ0) is 18.9. The molecule has 0 aromatic carbocycles. The van der Waals surface area contributed by atoms with Crippen LogP contribution < -0.4 is 0 Å². The zero-order valence-corrected chi connectivity index (χ0v) is 13.8. The predicted molar refractivity (Wildman–Crippen MR) is 80.7 cm³/mol. The number of halogens is 6. The van der Waals surface area contributed by atoms with Gasteiger partial charge in [0.2, 0.25) is 0 Å². The van der Waals surface area contributed by atoms with Gasteiger partial charge >= 0.3 is 18.1 Å². The van der Waals surface area contributed by atoms with Gasteiger partial charge in [0.1, 0.15) is 0 Å². The molecular formula is C16H22F6N2O. The van der Waals surface area contributed by atoms with Crippen molar-refractivity contribution in [2.75, 3.05) is 0 Å². The van der Waals surface area contributed by atoms with Gasteiger partial charge in [-0.3, -0.25) is 4.79 Å². The molecule has 9 heteroatoms. The average Bonchev–Trinajstić information content (AvgIpc) is 2.55. The Balaban J connectivity index is 0.000000275. The molecule has 0 radical (unpaired) electrons. The smallest absolute Gasteiger partial charge is 0.279 e. The summed E-state index contributed by atoms with van der Waals surface area (Å²) in [5, 5.41) is 0. The van der Waals surface area contributed by atoms with Crippen molar-refractivity contribution in [3.8, 4) is 0 Å². The molecule has 0 bridgehead atoms. The molecule has 2 aliphatic rings. The van der Waals surface area contributed by atoms with E-state index >= 15 is 0 Å². The lowest BCUT2D eigenvalue weighted by Gasteiger charge is -2.17. The summed E-state index contributed by atoms with van der Waals surface area (Å²) in [4.78, 5) is 18.2. The van der Waals surface area contributed by atoms with Gasteiger partial charge in [-0.25, -0.2) is 9.98 Å². The van der Waals surface area contributed by atoms with Crippen molar-refractivity contribution in [1.82, 2.24) is 0 Å². The Kier molecular flexibility index (Phi) is 8.62. The van der Waals surface area contributed by atoms with Gasteiger partial charge in [-0.15, -0.1) is 0 Å². The molecule has 0 spiro atoms. The predicted octanol–water partition coefficient (Wildman–Crippen LogP) is 5.51. The molecule has 0 saturated heterocycles. The Morgan fingerprint density at radius 3 is 1.24 bits per heavy atom. The summed E-state index contributed by atoms with van der Waals surface area (Å²) >= 11 is 0. The van der Waals surface area contributed by atoms with Crippen molar-refractivity contribution in [1.29, 1.82) is 0 Å².